The fraction of sp³-hybridized carbons (Fsp3) is 0.462. The molecule has 1 aromatic rings. The highest BCUT2D eigenvalue weighted by Gasteiger charge is 2.24. The van der Waals surface area contributed by atoms with Crippen LogP contribution in [0, 0.1) is 6.92 Å². The summed E-state index contributed by atoms with van der Waals surface area (Å²) in [5.74, 6) is -0.285. The van der Waals surface area contributed by atoms with Gasteiger partial charge in [-0.3, -0.25) is 0 Å². The van der Waals surface area contributed by atoms with Gasteiger partial charge in [-0.2, -0.15) is 0 Å². The molecule has 1 unspecified atom stereocenters. The number of esters is 1. The summed E-state index contributed by atoms with van der Waals surface area (Å²) >= 11 is 1.48. The first-order chi connectivity index (χ1) is 8.15. The van der Waals surface area contributed by atoms with Crippen LogP contribution in [0.4, 0.5) is 0 Å². The fourth-order valence-electron chi connectivity index (χ4n) is 1.75. The average molecular weight is 252 g/mol. The predicted octanol–water partition coefficient (Wildman–Crippen LogP) is 2.37. The summed E-state index contributed by atoms with van der Waals surface area (Å²) in [6.07, 6.45) is 1.70. The standard InChI is InChI=1S/C13H16O3S/c1-9-2-4-10(5-3-9)13(15)16-8-11-6-7-12(14)17-11/h2-5,11-12,14H,6-8H2,1H3/t11-,12?/m1/s1. The third-order valence-corrected chi connectivity index (χ3v) is 4.08. The lowest BCUT2D eigenvalue weighted by Crippen LogP contribution is -2.14. The molecule has 1 fully saturated rings. The maximum Gasteiger partial charge on any atom is 0.338 e. The summed E-state index contributed by atoms with van der Waals surface area (Å²) in [7, 11) is 0. The Kier molecular flexibility index (Phi) is 4.07. The first-order valence-electron chi connectivity index (χ1n) is 5.72. The van der Waals surface area contributed by atoms with E-state index in [2.05, 4.69) is 0 Å². The van der Waals surface area contributed by atoms with E-state index in [0.29, 0.717) is 12.2 Å². The van der Waals surface area contributed by atoms with Gasteiger partial charge in [-0.1, -0.05) is 17.7 Å². The van der Waals surface area contributed by atoms with Crippen molar-refractivity contribution in [1.82, 2.24) is 0 Å². The number of aliphatic hydroxyl groups is 1. The molecule has 0 spiro atoms. The largest absolute Gasteiger partial charge is 0.461 e. The molecule has 92 valence electrons. The van der Waals surface area contributed by atoms with Gasteiger partial charge in [-0.15, -0.1) is 11.8 Å². The first kappa shape index (κ1) is 12.5. The van der Waals surface area contributed by atoms with Crippen molar-refractivity contribution < 1.29 is 14.6 Å². The van der Waals surface area contributed by atoms with Gasteiger partial charge >= 0.3 is 5.97 Å². The van der Waals surface area contributed by atoms with E-state index in [0.717, 1.165) is 18.4 Å². The second-order valence-electron chi connectivity index (χ2n) is 4.25. The Morgan fingerprint density at radius 1 is 1.41 bits per heavy atom. The molecular formula is C13H16O3S. The lowest BCUT2D eigenvalue weighted by molar-refractivity contribution is 0.0506. The van der Waals surface area contributed by atoms with Crippen LogP contribution in [-0.4, -0.2) is 28.4 Å². The highest BCUT2D eigenvalue weighted by Crippen LogP contribution is 2.31. The molecule has 1 aliphatic rings. The van der Waals surface area contributed by atoms with E-state index < -0.39 is 0 Å². The van der Waals surface area contributed by atoms with Crippen molar-refractivity contribution in [2.45, 2.75) is 30.5 Å². The zero-order valence-corrected chi connectivity index (χ0v) is 10.6. The van der Waals surface area contributed by atoms with E-state index in [1.165, 1.54) is 11.8 Å². The second kappa shape index (κ2) is 5.56. The number of benzene rings is 1. The Morgan fingerprint density at radius 3 is 2.71 bits per heavy atom. The second-order valence-corrected chi connectivity index (χ2v) is 5.74. The van der Waals surface area contributed by atoms with Crippen molar-refractivity contribution in [3.8, 4) is 0 Å². The molecule has 3 nitrogen and oxygen atoms in total. The highest BCUT2D eigenvalue weighted by atomic mass is 32.2. The number of rotatable bonds is 3. The van der Waals surface area contributed by atoms with Crippen LogP contribution in [0.2, 0.25) is 0 Å². The van der Waals surface area contributed by atoms with Crippen LogP contribution in [0.25, 0.3) is 0 Å². The SMILES string of the molecule is Cc1ccc(C(=O)OC[C@H]2CCC(O)S2)cc1. The van der Waals surface area contributed by atoms with Crippen molar-refractivity contribution in [2.75, 3.05) is 6.61 Å². The summed E-state index contributed by atoms with van der Waals surface area (Å²) in [6.45, 7) is 2.36. The van der Waals surface area contributed by atoms with Crippen LogP contribution >= 0.6 is 11.8 Å². The van der Waals surface area contributed by atoms with Crippen LogP contribution in [-0.2, 0) is 4.74 Å². The number of thioether (sulfide) groups is 1. The topological polar surface area (TPSA) is 46.5 Å². The Morgan fingerprint density at radius 2 is 2.12 bits per heavy atom. The minimum absolute atomic E-state index is 0.236. The maximum absolute atomic E-state index is 11.7. The van der Waals surface area contributed by atoms with Gasteiger partial charge in [-0.25, -0.2) is 4.79 Å². The monoisotopic (exact) mass is 252 g/mol. The van der Waals surface area contributed by atoms with Gasteiger partial charge in [0.25, 0.3) is 0 Å². The molecule has 0 amide bonds. The molecule has 4 heteroatoms. The van der Waals surface area contributed by atoms with Crippen LogP contribution in [0.5, 0.6) is 0 Å². The summed E-state index contributed by atoms with van der Waals surface area (Å²) in [5.41, 5.74) is 1.41. The van der Waals surface area contributed by atoms with E-state index in [1.807, 2.05) is 19.1 Å². The lowest BCUT2D eigenvalue weighted by Gasteiger charge is -2.10. The fourth-order valence-corrected chi connectivity index (χ4v) is 2.89. The molecule has 1 aromatic carbocycles. The molecule has 1 saturated heterocycles. The van der Waals surface area contributed by atoms with E-state index in [4.69, 9.17) is 4.74 Å². The number of hydrogen-bond donors (Lipinski definition) is 1. The minimum Gasteiger partial charge on any atom is -0.461 e. The van der Waals surface area contributed by atoms with Gasteiger partial charge in [0.1, 0.15) is 6.61 Å². The molecule has 17 heavy (non-hydrogen) atoms. The highest BCUT2D eigenvalue weighted by molar-refractivity contribution is 8.00. The number of carbonyl (C=O) groups is 1. The molecule has 0 aromatic heterocycles. The smallest absolute Gasteiger partial charge is 0.338 e. The Labute approximate surface area is 105 Å². The molecule has 1 aliphatic heterocycles. The van der Waals surface area contributed by atoms with Gasteiger partial charge < -0.3 is 9.84 Å². The summed E-state index contributed by atoms with van der Waals surface area (Å²) < 4.78 is 5.23. The van der Waals surface area contributed by atoms with E-state index in [-0.39, 0.29) is 16.7 Å². The Hall–Kier alpha value is -1.00. The molecule has 2 atom stereocenters. The predicted molar refractivity (Wildman–Crippen MR) is 68.1 cm³/mol. The van der Waals surface area contributed by atoms with Gasteiger partial charge in [0.05, 0.1) is 11.0 Å². The van der Waals surface area contributed by atoms with E-state index in [9.17, 15) is 9.90 Å². The lowest BCUT2D eigenvalue weighted by atomic mass is 10.1. The molecule has 0 bridgehead atoms. The third kappa shape index (κ3) is 3.48. The first-order valence-corrected chi connectivity index (χ1v) is 6.67. The van der Waals surface area contributed by atoms with Crippen molar-refractivity contribution in [3.05, 3.63) is 35.4 Å². The molecule has 0 saturated carbocycles. The minimum atomic E-state index is -0.293. The molecule has 0 aliphatic carbocycles. The summed E-state index contributed by atoms with van der Waals surface area (Å²) in [5, 5.41) is 9.57. The van der Waals surface area contributed by atoms with Gasteiger partial charge in [0.2, 0.25) is 0 Å². The van der Waals surface area contributed by atoms with Crippen LogP contribution in [0.3, 0.4) is 0 Å². The Balaban J connectivity index is 1.83. The zero-order valence-electron chi connectivity index (χ0n) is 9.76. The zero-order chi connectivity index (χ0) is 12.3. The molecule has 1 heterocycles. The molecule has 2 rings (SSSR count). The summed E-state index contributed by atoms with van der Waals surface area (Å²) in [4.78, 5) is 11.7. The number of hydrogen-bond acceptors (Lipinski definition) is 4. The van der Waals surface area contributed by atoms with E-state index >= 15 is 0 Å². The third-order valence-electron chi connectivity index (χ3n) is 2.77. The van der Waals surface area contributed by atoms with Gasteiger partial charge in [0, 0.05) is 5.25 Å². The number of carbonyl (C=O) groups excluding carboxylic acids is 1. The van der Waals surface area contributed by atoms with Crippen LogP contribution < -0.4 is 0 Å². The van der Waals surface area contributed by atoms with Crippen LogP contribution in [0.1, 0.15) is 28.8 Å². The van der Waals surface area contributed by atoms with Crippen molar-refractivity contribution in [3.63, 3.8) is 0 Å². The van der Waals surface area contributed by atoms with Crippen molar-refractivity contribution >= 4 is 17.7 Å². The number of aryl methyl sites for hydroxylation is 1. The van der Waals surface area contributed by atoms with Gasteiger partial charge in [0.15, 0.2) is 0 Å². The van der Waals surface area contributed by atoms with Gasteiger partial charge in [-0.05, 0) is 31.9 Å². The quantitative estimate of drug-likeness (QED) is 0.839. The Bertz CT molecular complexity index is 388. The maximum atomic E-state index is 11.7. The average Bonchev–Trinajstić information content (AvgIpc) is 2.73. The normalized spacial score (nSPS) is 23.6. The van der Waals surface area contributed by atoms with Crippen molar-refractivity contribution in [1.29, 1.82) is 0 Å². The van der Waals surface area contributed by atoms with Crippen LogP contribution in [0.15, 0.2) is 24.3 Å². The van der Waals surface area contributed by atoms with E-state index in [1.54, 1.807) is 12.1 Å². The number of ether oxygens (including phenoxy) is 1. The molecular weight excluding hydrogens is 236 g/mol. The van der Waals surface area contributed by atoms with Crippen molar-refractivity contribution in [2.24, 2.45) is 0 Å². The number of aliphatic hydroxyl groups excluding tert-OH is 1. The molecule has 1 N–H and O–H groups in total. The summed E-state index contributed by atoms with van der Waals surface area (Å²) in [6, 6.07) is 7.33. The molecule has 0 radical (unpaired) electrons.